The van der Waals surface area contributed by atoms with Crippen LogP contribution in [0.5, 0.6) is 5.75 Å². The summed E-state index contributed by atoms with van der Waals surface area (Å²) in [6.45, 7) is 9.63. The molecule has 0 atom stereocenters. The number of alkyl halides is 4. The topological polar surface area (TPSA) is 118 Å². The Hall–Kier alpha value is -2.80. The Kier molecular flexibility index (Phi) is 11.4. The first kappa shape index (κ1) is 36.0. The van der Waals surface area contributed by atoms with E-state index in [2.05, 4.69) is 15.5 Å². The minimum Gasteiger partial charge on any atom is -0.484 e. The van der Waals surface area contributed by atoms with Gasteiger partial charge < -0.3 is 14.5 Å². The first-order valence-corrected chi connectivity index (χ1v) is 17.0. The van der Waals surface area contributed by atoms with Crippen LogP contribution < -0.4 is 10.1 Å². The van der Waals surface area contributed by atoms with Gasteiger partial charge in [0.2, 0.25) is 0 Å². The second-order valence-corrected chi connectivity index (χ2v) is 14.3. The maximum Gasteiger partial charge on any atom is 0.475 e. The van der Waals surface area contributed by atoms with Crippen LogP contribution in [0.4, 0.5) is 23.6 Å². The molecule has 2 heterocycles. The number of phosphoric acid groups is 1. The fraction of sp³-hybridized carbons (Fsp3) is 0.645. The van der Waals surface area contributed by atoms with E-state index in [1.165, 1.54) is 0 Å². The lowest BCUT2D eigenvalue weighted by atomic mass is 9.77. The van der Waals surface area contributed by atoms with E-state index in [1.807, 2.05) is 41.5 Å². The van der Waals surface area contributed by atoms with Gasteiger partial charge in [0, 0.05) is 24.3 Å². The van der Waals surface area contributed by atoms with Crippen LogP contribution in [0.3, 0.4) is 0 Å². The number of aryl methyl sites for hydroxylation is 1. The van der Waals surface area contributed by atoms with E-state index in [1.54, 1.807) is 18.2 Å². The molecule has 1 aromatic carbocycles. The number of aromatic nitrogens is 3. The van der Waals surface area contributed by atoms with Crippen LogP contribution in [-0.4, -0.2) is 59.5 Å². The molecular weight excluding hydrogens is 631 g/mol. The smallest absolute Gasteiger partial charge is 0.475 e. The molecule has 0 amide bonds. The van der Waals surface area contributed by atoms with Gasteiger partial charge in [-0.05, 0) is 54.5 Å². The molecule has 0 unspecified atom stereocenters. The van der Waals surface area contributed by atoms with E-state index in [9.17, 15) is 22.1 Å². The number of ether oxygens (including phenoxy) is 1. The summed E-state index contributed by atoms with van der Waals surface area (Å²) in [5.41, 5.74) is 0.561. The summed E-state index contributed by atoms with van der Waals surface area (Å²) >= 11 is 0. The van der Waals surface area contributed by atoms with Gasteiger partial charge in [0.15, 0.2) is 6.61 Å². The Morgan fingerprint density at radius 3 is 2.26 bits per heavy atom. The van der Waals surface area contributed by atoms with Gasteiger partial charge in [-0.15, -0.1) is 5.10 Å². The van der Waals surface area contributed by atoms with E-state index in [4.69, 9.17) is 27.7 Å². The molecule has 1 aliphatic carbocycles. The molecule has 4 rings (SSSR count). The summed E-state index contributed by atoms with van der Waals surface area (Å²) in [5.74, 6) is 0.220. The Balaban J connectivity index is 1.49. The van der Waals surface area contributed by atoms with Crippen LogP contribution >= 0.6 is 7.82 Å². The Labute approximate surface area is 266 Å². The first-order valence-electron chi connectivity index (χ1n) is 15.5. The minimum atomic E-state index is -4.47. The number of halogens is 4. The van der Waals surface area contributed by atoms with E-state index in [0.717, 1.165) is 18.4 Å². The molecule has 0 aliphatic heterocycles. The van der Waals surface area contributed by atoms with Gasteiger partial charge in [0.05, 0.1) is 18.7 Å². The zero-order chi connectivity index (χ0) is 33.8. The van der Waals surface area contributed by atoms with E-state index < -0.39 is 38.3 Å². The van der Waals surface area contributed by atoms with Crippen molar-refractivity contribution in [3.63, 3.8) is 0 Å². The molecule has 15 heteroatoms. The lowest BCUT2D eigenvalue weighted by Gasteiger charge is -2.45. The van der Waals surface area contributed by atoms with Crippen LogP contribution in [0.25, 0.3) is 22.5 Å². The van der Waals surface area contributed by atoms with Gasteiger partial charge in [-0.25, -0.2) is 13.9 Å². The summed E-state index contributed by atoms with van der Waals surface area (Å²) in [7, 11) is -3.97. The van der Waals surface area contributed by atoms with Crippen molar-refractivity contribution in [1.82, 2.24) is 15.2 Å². The van der Waals surface area contributed by atoms with E-state index in [0.29, 0.717) is 35.0 Å². The van der Waals surface area contributed by atoms with Crippen molar-refractivity contribution < 1.29 is 44.9 Å². The first-order chi connectivity index (χ1) is 21.6. The van der Waals surface area contributed by atoms with Crippen molar-refractivity contribution in [3.05, 3.63) is 29.3 Å². The molecule has 0 bridgehead atoms. The number of unbranched alkanes of at least 4 members (excludes halogenated alkanes) is 2. The number of hydrogen-bond acceptors (Lipinski definition) is 10. The third kappa shape index (κ3) is 9.17. The number of nitrogens with one attached hydrogen (secondary N) is 1. The molecule has 1 N–H and O–H groups in total. The fourth-order valence-corrected chi connectivity index (χ4v) is 6.63. The molecular formula is C31H43F4N4O6P. The molecule has 10 nitrogen and oxygen atoms in total. The van der Waals surface area contributed by atoms with Gasteiger partial charge in [-0.3, -0.25) is 13.6 Å². The lowest BCUT2D eigenvalue weighted by Crippen LogP contribution is -2.53. The number of phosphoric ester groups is 1. The molecule has 0 spiro atoms. The second kappa shape index (κ2) is 14.5. The van der Waals surface area contributed by atoms with Crippen LogP contribution in [0.15, 0.2) is 22.6 Å². The molecule has 0 saturated heterocycles. The van der Waals surface area contributed by atoms with Crippen LogP contribution in [0.2, 0.25) is 0 Å². The molecule has 1 saturated carbocycles. The summed E-state index contributed by atoms with van der Waals surface area (Å²) in [6, 6.07) is 4.60. The van der Waals surface area contributed by atoms with Crippen LogP contribution in [-0.2, 0) is 23.6 Å². The number of fused-ring (bicyclic) bond motifs is 1. The van der Waals surface area contributed by atoms with Gasteiger partial charge in [0.1, 0.15) is 23.7 Å². The highest BCUT2D eigenvalue weighted by Crippen LogP contribution is 2.57. The molecule has 46 heavy (non-hydrogen) atoms. The normalized spacial score (nSPS) is 19.0. The van der Waals surface area contributed by atoms with E-state index >= 15 is 0 Å². The van der Waals surface area contributed by atoms with Gasteiger partial charge >= 0.3 is 20.0 Å². The average molecular weight is 675 g/mol. The van der Waals surface area contributed by atoms with Crippen molar-refractivity contribution in [2.75, 3.05) is 31.8 Å². The molecule has 256 valence electrons. The van der Waals surface area contributed by atoms with Gasteiger partial charge in [-0.1, -0.05) is 52.6 Å². The Morgan fingerprint density at radius 1 is 1.04 bits per heavy atom. The molecule has 1 aliphatic rings. The number of nitrogens with zero attached hydrogens (tertiary/aromatic N) is 3. The number of anilines is 1. The van der Waals surface area contributed by atoms with E-state index in [-0.39, 0.29) is 49.8 Å². The molecule has 0 radical (unpaired) electrons. The summed E-state index contributed by atoms with van der Waals surface area (Å²) in [5, 5.41) is 11.9. The largest absolute Gasteiger partial charge is 0.484 e. The number of benzene rings is 1. The summed E-state index contributed by atoms with van der Waals surface area (Å²) in [6.07, 6.45) is -1.15. The SMILES string of the molecule is CCCCOP(=O)(OCCCC)OC1(CF)CC(Nc2nnc(-c3cc(C)c4cc(OCC(F)(F)F)cc(C(C)(C)C)c4n3)o2)C1. The Bertz CT molecular complexity index is 1510. The van der Waals surface area contributed by atoms with Crippen molar-refractivity contribution in [2.45, 2.75) is 103 Å². The second-order valence-electron chi connectivity index (χ2n) is 12.7. The predicted octanol–water partition coefficient (Wildman–Crippen LogP) is 8.87. The van der Waals surface area contributed by atoms with Gasteiger partial charge in [0.25, 0.3) is 5.89 Å². The number of hydrogen-bond donors (Lipinski definition) is 1. The number of rotatable bonds is 16. The Morgan fingerprint density at radius 2 is 1.70 bits per heavy atom. The quantitative estimate of drug-likeness (QED) is 0.0897. The van der Waals surface area contributed by atoms with Crippen molar-refractivity contribution in [1.29, 1.82) is 0 Å². The zero-order valence-electron chi connectivity index (χ0n) is 27.1. The fourth-order valence-electron chi connectivity index (χ4n) is 5.07. The lowest BCUT2D eigenvalue weighted by molar-refractivity contribution is -0.153. The van der Waals surface area contributed by atoms with Crippen molar-refractivity contribution in [2.24, 2.45) is 0 Å². The predicted molar refractivity (Wildman–Crippen MR) is 166 cm³/mol. The maximum atomic E-state index is 14.2. The highest BCUT2D eigenvalue weighted by atomic mass is 31.2. The van der Waals surface area contributed by atoms with Crippen LogP contribution in [0, 0.1) is 6.92 Å². The summed E-state index contributed by atoms with van der Waals surface area (Å²) < 4.78 is 93.7. The number of pyridine rings is 1. The maximum absolute atomic E-state index is 14.2. The monoisotopic (exact) mass is 674 g/mol. The third-order valence-electron chi connectivity index (χ3n) is 7.56. The minimum absolute atomic E-state index is 0.0838. The molecule has 3 aromatic rings. The highest BCUT2D eigenvalue weighted by molar-refractivity contribution is 7.48. The zero-order valence-corrected chi connectivity index (χ0v) is 28.0. The highest BCUT2D eigenvalue weighted by Gasteiger charge is 2.51. The van der Waals surface area contributed by atoms with Crippen molar-refractivity contribution in [3.8, 4) is 17.3 Å². The summed E-state index contributed by atoms with van der Waals surface area (Å²) in [4.78, 5) is 4.76. The standard InChI is InChI=1S/C31H43F4N4O6P/c1-7-9-11-42-46(40,43-12-10-8-2)45-30(18-32)16-21(17-30)36-28-39-38-27(44-28)25-13-20(3)23-14-22(41-19-31(33,34)35)15-24(26(23)37-25)29(4,5)6/h13-15,21H,7-12,16-19H2,1-6H3,(H,36,39). The van der Waals surface area contributed by atoms with Gasteiger partial charge in [-0.2, -0.15) is 13.2 Å². The molecule has 2 aromatic heterocycles. The van der Waals surface area contributed by atoms with Crippen LogP contribution in [0.1, 0.15) is 84.3 Å². The molecule has 1 fully saturated rings. The van der Waals surface area contributed by atoms with Crippen molar-refractivity contribution >= 4 is 24.7 Å². The average Bonchev–Trinajstić information content (AvgIpc) is 3.42. The third-order valence-corrected chi connectivity index (χ3v) is 9.16.